The number of hydrogen-bond acceptors (Lipinski definition) is 5. The molecule has 3 aromatic rings. The first kappa shape index (κ1) is 18.4. The van der Waals surface area contributed by atoms with Crippen LogP contribution in [0.3, 0.4) is 0 Å². The van der Waals surface area contributed by atoms with Crippen molar-refractivity contribution in [3.05, 3.63) is 72.2 Å². The lowest BCUT2D eigenvalue weighted by Crippen LogP contribution is -2.40. The number of pyridine rings is 1. The molecule has 0 aliphatic carbocycles. The van der Waals surface area contributed by atoms with Gasteiger partial charge in [-0.1, -0.05) is 36.4 Å². The summed E-state index contributed by atoms with van der Waals surface area (Å²) in [7, 11) is -3.12. The average Bonchev–Trinajstić information content (AvgIpc) is 3.34. The van der Waals surface area contributed by atoms with Crippen LogP contribution in [-0.2, 0) is 16.4 Å². The second-order valence-corrected chi connectivity index (χ2v) is 9.11. The molecular formula is C20H20N4O3S. The Bertz CT molecular complexity index is 1070. The summed E-state index contributed by atoms with van der Waals surface area (Å²) in [5.74, 6) is -0.175. The molecule has 1 fully saturated rings. The highest BCUT2D eigenvalue weighted by atomic mass is 32.2. The first-order valence-electron chi connectivity index (χ1n) is 9.03. The molecule has 0 bridgehead atoms. The normalized spacial score (nSPS) is 18.1. The number of benzene rings is 1. The maximum atomic E-state index is 13.2. The fraction of sp³-hybridized carbons (Fsp3) is 0.250. The molecule has 0 spiro atoms. The van der Waals surface area contributed by atoms with Gasteiger partial charge >= 0.3 is 0 Å². The van der Waals surface area contributed by atoms with Crippen LogP contribution in [0.25, 0.3) is 11.3 Å². The quantitative estimate of drug-likeness (QED) is 0.714. The molecule has 1 unspecified atom stereocenters. The number of H-pyrrole nitrogens is 1. The van der Waals surface area contributed by atoms with Crippen molar-refractivity contribution in [2.45, 2.75) is 19.0 Å². The van der Waals surface area contributed by atoms with Crippen LogP contribution in [0.5, 0.6) is 0 Å². The van der Waals surface area contributed by atoms with Crippen molar-refractivity contribution in [2.75, 3.05) is 11.5 Å². The van der Waals surface area contributed by atoms with Crippen molar-refractivity contribution < 1.29 is 13.2 Å². The van der Waals surface area contributed by atoms with Crippen LogP contribution in [0.1, 0.15) is 22.5 Å². The Morgan fingerprint density at radius 2 is 2.00 bits per heavy atom. The summed E-state index contributed by atoms with van der Waals surface area (Å²) in [5.41, 5.74) is 2.76. The summed E-state index contributed by atoms with van der Waals surface area (Å²) < 4.78 is 24.0. The lowest BCUT2D eigenvalue weighted by atomic mass is 10.1. The predicted octanol–water partition coefficient (Wildman–Crippen LogP) is 2.30. The van der Waals surface area contributed by atoms with E-state index >= 15 is 0 Å². The van der Waals surface area contributed by atoms with Gasteiger partial charge in [0.1, 0.15) is 5.69 Å². The van der Waals surface area contributed by atoms with E-state index in [2.05, 4.69) is 15.2 Å². The number of amides is 1. The molecule has 7 nitrogen and oxygen atoms in total. The second kappa shape index (κ2) is 7.55. The van der Waals surface area contributed by atoms with Crippen LogP contribution in [-0.4, -0.2) is 52.0 Å². The first-order valence-corrected chi connectivity index (χ1v) is 10.8. The minimum absolute atomic E-state index is 0.0152. The zero-order valence-corrected chi connectivity index (χ0v) is 16.0. The van der Waals surface area contributed by atoms with Crippen LogP contribution < -0.4 is 0 Å². The molecule has 2 aromatic heterocycles. The molecule has 144 valence electrons. The molecule has 3 heterocycles. The Morgan fingerprint density at radius 3 is 2.68 bits per heavy atom. The number of sulfone groups is 1. The molecule has 1 amide bonds. The largest absolute Gasteiger partial charge is 0.329 e. The van der Waals surface area contributed by atoms with E-state index < -0.39 is 9.84 Å². The summed E-state index contributed by atoms with van der Waals surface area (Å²) in [5, 5.41) is 7.06. The van der Waals surface area contributed by atoms with Crippen molar-refractivity contribution in [3.8, 4) is 11.3 Å². The fourth-order valence-corrected chi connectivity index (χ4v) is 5.15. The Morgan fingerprint density at radius 1 is 1.18 bits per heavy atom. The van der Waals surface area contributed by atoms with Gasteiger partial charge in [0.05, 0.1) is 17.2 Å². The van der Waals surface area contributed by atoms with Crippen LogP contribution in [0.2, 0.25) is 0 Å². The molecule has 0 saturated carbocycles. The molecule has 1 saturated heterocycles. The maximum Gasteiger partial charge on any atom is 0.272 e. The molecule has 1 aliphatic rings. The zero-order valence-electron chi connectivity index (χ0n) is 15.2. The molecule has 8 heteroatoms. The molecular weight excluding hydrogens is 376 g/mol. The minimum Gasteiger partial charge on any atom is -0.329 e. The highest BCUT2D eigenvalue weighted by molar-refractivity contribution is 7.91. The Balaban J connectivity index is 1.62. The first-order chi connectivity index (χ1) is 13.5. The predicted molar refractivity (Wildman–Crippen MR) is 105 cm³/mol. The van der Waals surface area contributed by atoms with E-state index in [9.17, 15) is 13.2 Å². The van der Waals surface area contributed by atoms with Crippen molar-refractivity contribution in [1.82, 2.24) is 20.1 Å². The third-order valence-electron chi connectivity index (χ3n) is 4.86. The second-order valence-electron chi connectivity index (χ2n) is 6.88. The number of carbonyl (C=O) groups is 1. The SMILES string of the molecule is O=C(c1cc(-c2ccccc2)n[nH]1)N(Cc1cccnc1)C1CCS(=O)(=O)C1. The summed E-state index contributed by atoms with van der Waals surface area (Å²) in [6.45, 7) is 0.298. The third-order valence-corrected chi connectivity index (χ3v) is 6.61. The average molecular weight is 396 g/mol. The number of carbonyl (C=O) groups excluding carboxylic acids is 1. The third kappa shape index (κ3) is 3.96. The Kier molecular flexibility index (Phi) is 4.95. The molecule has 1 aliphatic heterocycles. The number of aromatic amines is 1. The Labute approximate surface area is 163 Å². The lowest BCUT2D eigenvalue weighted by molar-refractivity contribution is 0.0674. The van der Waals surface area contributed by atoms with Crippen LogP contribution in [0, 0.1) is 0 Å². The van der Waals surface area contributed by atoms with E-state index in [1.54, 1.807) is 29.4 Å². The van der Waals surface area contributed by atoms with Crippen LogP contribution in [0.15, 0.2) is 60.9 Å². The van der Waals surface area contributed by atoms with Gasteiger partial charge in [-0.2, -0.15) is 5.10 Å². The standard InChI is InChI=1S/C20H20N4O3S/c25-20(19-11-18(22-23-19)16-6-2-1-3-7-16)24(13-15-5-4-9-21-12-15)17-8-10-28(26,27)14-17/h1-7,9,11-12,17H,8,10,13-14H2,(H,22,23). The smallest absolute Gasteiger partial charge is 0.272 e. The lowest BCUT2D eigenvalue weighted by Gasteiger charge is -2.27. The van der Waals surface area contributed by atoms with Gasteiger partial charge in [-0.25, -0.2) is 8.42 Å². The van der Waals surface area contributed by atoms with E-state index in [0.29, 0.717) is 24.4 Å². The fourth-order valence-electron chi connectivity index (χ4n) is 3.42. The topological polar surface area (TPSA) is 96.0 Å². The molecule has 1 atom stereocenters. The van der Waals surface area contributed by atoms with Gasteiger partial charge in [-0.15, -0.1) is 0 Å². The number of nitrogens with zero attached hydrogens (tertiary/aromatic N) is 3. The van der Waals surface area contributed by atoms with Gasteiger partial charge in [0, 0.05) is 30.5 Å². The van der Waals surface area contributed by atoms with E-state index in [0.717, 1.165) is 11.1 Å². The van der Waals surface area contributed by atoms with E-state index in [1.807, 2.05) is 36.4 Å². The van der Waals surface area contributed by atoms with Crippen LogP contribution in [0.4, 0.5) is 0 Å². The van der Waals surface area contributed by atoms with Crippen molar-refractivity contribution >= 4 is 15.7 Å². The monoisotopic (exact) mass is 396 g/mol. The maximum absolute atomic E-state index is 13.2. The number of aromatic nitrogens is 3. The van der Waals surface area contributed by atoms with Gasteiger partial charge in [-0.05, 0) is 24.1 Å². The van der Waals surface area contributed by atoms with E-state index in [-0.39, 0.29) is 23.5 Å². The zero-order chi connectivity index (χ0) is 19.6. The van der Waals surface area contributed by atoms with E-state index in [1.165, 1.54) is 0 Å². The molecule has 4 rings (SSSR count). The van der Waals surface area contributed by atoms with Gasteiger partial charge in [0.2, 0.25) is 0 Å². The summed E-state index contributed by atoms with van der Waals surface area (Å²) >= 11 is 0. The van der Waals surface area contributed by atoms with Gasteiger partial charge in [0.15, 0.2) is 9.84 Å². The highest BCUT2D eigenvalue weighted by Crippen LogP contribution is 2.23. The molecule has 1 N–H and O–H groups in total. The Hall–Kier alpha value is -3.00. The van der Waals surface area contributed by atoms with Gasteiger partial charge in [0.25, 0.3) is 5.91 Å². The molecule has 28 heavy (non-hydrogen) atoms. The summed E-state index contributed by atoms with van der Waals surface area (Å²) in [6.07, 6.45) is 3.79. The number of rotatable bonds is 5. The number of nitrogens with one attached hydrogen (secondary N) is 1. The minimum atomic E-state index is -3.12. The van der Waals surface area contributed by atoms with Crippen molar-refractivity contribution in [1.29, 1.82) is 0 Å². The van der Waals surface area contributed by atoms with Crippen molar-refractivity contribution in [2.24, 2.45) is 0 Å². The van der Waals surface area contributed by atoms with Gasteiger partial charge < -0.3 is 4.90 Å². The van der Waals surface area contributed by atoms with Gasteiger partial charge in [-0.3, -0.25) is 14.9 Å². The summed E-state index contributed by atoms with van der Waals surface area (Å²) in [4.78, 5) is 18.9. The molecule has 1 aromatic carbocycles. The van der Waals surface area contributed by atoms with E-state index in [4.69, 9.17) is 0 Å². The molecule has 0 radical (unpaired) electrons. The number of hydrogen-bond donors (Lipinski definition) is 1. The highest BCUT2D eigenvalue weighted by Gasteiger charge is 2.35. The van der Waals surface area contributed by atoms with Crippen LogP contribution >= 0.6 is 0 Å². The van der Waals surface area contributed by atoms with Crippen molar-refractivity contribution in [3.63, 3.8) is 0 Å². The summed E-state index contributed by atoms with van der Waals surface area (Å²) in [6, 6.07) is 14.6.